The summed E-state index contributed by atoms with van der Waals surface area (Å²) in [5.41, 5.74) is 0. The van der Waals surface area contributed by atoms with E-state index in [1.165, 1.54) is 19.3 Å². The second-order valence-electron chi connectivity index (χ2n) is 3.91. The highest BCUT2D eigenvalue weighted by molar-refractivity contribution is 5.75. The largest absolute Gasteiger partial charge is 0.335 e. The van der Waals surface area contributed by atoms with Gasteiger partial charge in [0.05, 0.1) is 0 Å². The quantitative estimate of drug-likeness (QED) is 0.629. The number of likely N-dealkylation sites (tertiary alicyclic amines) is 1. The van der Waals surface area contributed by atoms with Gasteiger partial charge < -0.3 is 10.2 Å². The maximum absolute atomic E-state index is 11.5. The summed E-state index contributed by atoms with van der Waals surface area (Å²) in [5, 5.41) is 3.01. The molecule has 12 heavy (non-hydrogen) atoms. The number of amides is 2. The molecule has 2 aliphatic rings. The molecule has 2 amide bonds. The second-order valence-corrected chi connectivity index (χ2v) is 3.91. The molecular formula is C9H16N2O. The molecule has 0 aromatic carbocycles. The molecule has 1 unspecified atom stereocenters. The molecule has 3 nitrogen and oxygen atoms in total. The minimum atomic E-state index is 0.155. The zero-order valence-electron chi connectivity index (χ0n) is 7.55. The fourth-order valence-electron chi connectivity index (χ4n) is 1.72. The van der Waals surface area contributed by atoms with Crippen molar-refractivity contribution in [1.82, 2.24) is 10.2 Å². The molecule has 0 aromatic heterocycles. The van der Waals surface area contributed by atoms with Crippen LogP contribution in [0, 0.1) is 0 Å². The third-order valence-electron chi connectivity index (χ3n) is 2.72. The highest BCUT2D eigenvalue weighted by Crippen LogP contribution is 2.21. The van der Waals surface area contributed by atoms with Crippen LogP contribution in [0.25, 0.3) is 0 Å². The zero-order valence-corrected chi connectivity index (χ0v) is 7.55. The topological polar surface area (TPSA) is 32.3 Å². The number of carbonyl (C=O) groups is 1. The summed E-state index contributed by atoms with van der Waals surface area (Å²) in [4.78, 5) is 13.5. The van der Waals surface area contributed by atoms with Gasteiger partial charge in [-0.2, -0.15) is 0 Å². The minimum absolute atomic E-state index is 0.155. The lowest BCUT2D eigenvalue weighted by Crippen LogP contribution is -2.42. The molecule has 1 aliphatic heterocycles. The summed E-state index contributed by atoms with van der Waals surface area (Å²) in [6, 6.07) is 1.09. The molecule has 2 fully saturated rings. The molecular weight excluding hydrogens is 152 g/mol. The van der Waals surface area contributed by atoms with E-state index in [1.807, 2.05) is 4.90 Å². The molecule has 0 bridgehead atoms. The average Bonchev–Trinajstić information content (AvgIpc) is 2.72. The normalized spacial score (nSPS) is 29.1. The van der Waals surface area contributed by atoms with E-state index in [0.717, 1.165) is 13.0 Å². The molecule has 2 rings (SSSR count). The molecule has 0 spiro atoms. The lowest BCUT2D eigenvalue weighted by Gasteiger charge is -2.21. The van der Waals surface area contributed by atoms with Crippen molar-refractivity contribution in [3.63, 3.8) is 0 Å². The molecule has 1 saturated heterocycles. The van der Waals surface area contributed by atoms with Crippen molar-refractivity contribution in [2.75, 3.05) is 6.54 Å². The smallest absolute Gasteiger partial charge is 0.317 e. The molecule has 0 aromatic rings. The van der Waals surface area contributed by atoms with E-state index in [2.05, 4.69) is 12.2 Å². The van der Waals surface area contributed by atoms with Gasteiger partial charge >= 0.3 is 6.03 Å². The Bertz CT molecular complexity index is 189. The van der Waals surface area contributed by atoms with Gasteiger partial charge in [0.1, 0.15) is 0 Å². The summed E-state index contributed by atoms with van der Waals surface area (Å²) in [6.45, 7) is 3.07. The van der Waals surface area contributed by atoms with Gasteiger partial charge in [0.25, 0.3) is 0 Å². The summed E-state index contributed by atoms with van der Waals surface area (Å²) in [6.07, 6.45) is 4.68. The Hall–Kier alpha value is -0.730. The van der Waals surface area contributed by atoms with Crippen LogP contribution in [-0.2, 0) is 0 Å². The average molecular weight is 168 g/mol. The Morgan fingerprint density at radius 1 is 1.42 bits per heavy atom. The second kappa shape index (κ2) is 2.96. The molecule has 1 N–H and O–H groups in total. The fraction of sp³-hybridized carbons (Fsp3) is 0.889. The van der Waals surface area contributed by atoms with E-state index in [9.17, 15) is 4.79 Å². The van der Waals surface area contributed by atoms with Crippen LogP contribution in [-0.4, -0.2) is 29.6 Å². The SMILES string of the molecule is CC1CCCN1C(=O)NC1CC1. The Morgan fingerprint density at radius 3 is 2.67 bits per heavy atom. The molecule has 0 radical (unpaired) electrons. The number of nitrogens with zero attached hydrogens (tertiary/aromatic N) is 1. The van der Waals surface area contributed by atoms with Crippen molar-refractivity contribution in [3.05, 3.63) is 0 Å². The van der Waals surface area contributed by atoms with E-state index >= 15 is 0 Å². The number of urea groups is 1. The molecule has 1 saturated carbocycles. The first-order valence-corrected chi connectivity index (χ1v) is 4.84. The lowest BCUT2D eigenvalue weighted by atomic mass is 10.2. The molecule has 68 valence electrons. The number of nitrogens with one attached hydrogen (secondary N) is 1. The Balaban J connectivity index is 1.84. The van der Waals surface area contributed by atoms with Gasteiger partial charge in [-0.3, -0.25) is 0 Å². The van der Waals surface area contributed by atoms with Crippen LogP contribution < -0.4 is 5.32 Å². The molecule has 3 heteroatoms. The number of rotatable bonds is 1. The Kier molecular flexibility index (Phi) is 1.95. The predicted molar refractivity (Wildman–Crippen MR) is 47.0 cm³/mol. The lowest BCUT2D eigenvalue weighted by molar-refractivity contribution is 0.195. The van der Waals surface area contributed by atoms with Crippen molar-refractivity contribution >= 4 is 6.03 Å². The maximum Gasteiger partial charge on any atom is 0.317 e. The van der Waals surface area contributed by atoms with E-state index in [0.29, 0.717) is 12.1 Å². The molecule has 1 atom stereocenters. The van der Waals surface area contributed by atoms with Crippen LogP contribution >= 0.6 is 0 Å². The summed E-state index contributed by atoms with van der Waals surface area (Å²) >= 11 is 0. The van der Waals surface area contributed by atoms with E-state index in [4.69, 9.17) is 0 Å². The zero-order chi connectivity index (χ0) is 8.55. The first-order chi connectivity index (χ1) is 5.77. The van der Waals surface area contributed by atoms with Gasteiger partial charge in [-0.15, -0.1) is 0 Å². The molecule has 1 aliphatic carbocycles. The van der Waals surface area contributed by atoms with Crippen LogP contribution in [0.4, 0.5) is 4.79 Å². The standard InChI is InChI=1S/C9H16N2O/c1-7-3-2-6-11(7)9(12)10-8-4-5-8/h7-8H,2-6H2,1H3,(H,10,12). The number of hydrogen-bond donors (Lipinski definition) is 1. The number of carbonyl (C=O) groups excluding carboxylic acids is 1. The molecule has 1 heterocycles. The van der Waals surface area contributed by atoms with E-state index < -0.39 is 0 Å². The summed E-state index contributed by atoms with van der Waals surface area (Å²) in [5.74, 6) is 0. The third-order valence-corrected chi connectivity index (χ3v) is 2.72. The van der Waals surface area contributed by atoms with Crippen LogP contribution in [0.5, 0.6) is 0 Å². The van der Waals surface area contributed by atoms with Gasteiger partial charge in [-0.25, -0.2) is 4.79 Å². The van der Waals surface area contributed by atoms with Crippen molar-refractivity contribution < 1.29 is 4.79 Å². The fourth-order valence-corrected chi connectivity index (χ4v) is 1.72. The van der Waals surface area contributed by atoms with Gasteiger partial charge in [0, 0.05) is 18.6 Å². The summed E-state index contributed by atoms with van der Waals surface area (Å²) < 4.78 is 0. The third kappa shape index (κ3) is 1.54. The first-order valence-electron chi connectivity index (χ1n) is 4.84. The van der Waals surface area contributed by atoms with Crippen LogP contribution in [0.1, 0.15) is 32.6 Å². The van der Waals surface area contributed by atoms with Gasteiger partial charge in [0.2, 0.25) is 0 Å². The highest BCUT2D eigenvalue weighted by atomic mass is 16.2. The maximum atomic E-state index is 11.5. The van der Waals surface area contributed by atoms with Crippen LogP contribution in [0.2, 0.25) is 0 Å². The van der Waals surface area contributed by atoms with Crippen molar-refractivity contribution in [2.45, 2.75) is 44.7 Å². The highest BCUT2D eigenvalue weighted by Gasteiger charge is 2.29. The van der Waals surface area contributed by atoms with Crippen molar-refractivity contribution in [3.8, 4) is 0 Å². The van der Waals surface area contributed by atoms with Gasteiger partial charge in [0.15, 0.2) is 0 Å². The monoisotopic (exact) mass is 168 g/mol. The first kappa shape index (κ1) is 7.90. The Labute approximate surface area is 73.1 Å². The van der Waals surface area contributed by atoms with Crippen LogP contribution in [0.3, 0.4) is 0 Å². The predicted octanol–water partition coefficient (Wildman–Crippen LogP) is 1.34. The van der Waals surface area contributed by atoms with Crippen molar-refractivity contribution in [2.24, 2.45) is 0 Å². The van der Waals surface area contributed by atoms with E-state index in [1.54, 1.807) is 0 Å². The minimum Gasteiger partial charge on any atom is -0.335 e. The van der Waals surface area contributed by atoms with E-state index in [-0.39, 0.29) is 6.03 Å². The number of hydrogen-bond acceptors (Lipinski definition) is 1. The van der Waals surface area contributed by atoms with Gasteiger partial charge in [-0.1, -0.05) is 0 Å². The van der Waals surface area contributed by atoms with Crippen molar-refractivity contribution in [1.29, 1.82) is 0 Å². The van der Waals surface area contributed by atoms with Crippen LogP contribution in [0.15, 0.2) is 0 Å². The van der Waals surface area contributed by atoms with Gasteiger partial charge in [-0.05, 0) is 32.6 Å². The summed E-state index contributed by atoms with van der Waals surface area (Å²) in [7, 11) is 0. The Morgan fingerprint density at radius 2 is 2.17 bits per heavy atom.